The van der Waals surface area contributed by atoms with Gasteiger partial charge < -0.3 is 19.7 Å². The zero-order valence-corrected chi connectivity index (χ0v) is 14.4. The minimum Gasteiger partial charge on any atom is -0.382 e. The molecular formula is C17H33N3O2. The highest BCUT2D eigenvalue weighted by Crippen LogP contribution is 2.35. The zero-order valence-electron chi connectivity index (χ0n) is 14.4. The number of nitrogens with zero attached hydrogens (tertiary/aromatic N) is 2. The Morgan fingerprint density at radius 1 is 1.09 bits per heavy atom. The molecule has 22 heavy (non-hydrogen) atoms. The third-order valence-corrected chi connectivity index (χ3v) is 4.92. The van der Waals surface area contributed by atoms with E-state index in [1.54, 1.807) is 7.11 Å². The van der Waals surface area contributed by atoms with Gasteiger partial charge in [0.05, 0.1) is 13.2 Å². The number of guanidine groups is 1. The number of hydrogen-bond donors (Lipinski definition) is 1. The molecule has 0 aromatic carbocycles. The first-order chi connectivity index (χ1) is 10.8. The second-order valence-corrected chi connectivity index (χ2v) is 6.50. The summed E-state index contributed by atoms with van der Waals surface area (Å²) < 4.78 is 10.4. The van der Waals surface area contributed by atoms with E-state index in [-0.39, 0.29) is 0 Å². The molecule has 5 heteroatoms. The molecule has 0 radical (unpaired) electrons. The first-order valence-electron chi connectivity index (χ1n) is 8.87. The minimum atomic E-state index is 0.683. The summed E-state index contributed by atoms with van der Waals surface area (Å²) in [5.74, 6) is 2.90. The summed E-state index contributed by atoms with van der Waals surface area (Å²) in [4.78, 5) is 6.94. The Kier molecular flexibility index (Phi) is 8.02. The van der Waals surface area contributed by atoms with Crippen LogP contribution < -0.4 is 5.32 Å². The normalized spacial score (nSPS) is 25.4. The van der Waals surface area contributed by atoms with Crippen molar-refractivity contribution in [1.29, 1.82) is 0 Å². The number of methoxy groups -OCH3 is 1. The standard InChI is InChI=1S/C17H33N3O2/c1-18-17(19-9-5-6-10-22-12-11-21-2)20-13-15-7-3-4-8-16(15)14-20/h15-16H,3-14H2,1-2H3,(H,18,19). The second-order valence-electron chi connectivity index (χ2n) is 6.50. The van der Waals surface area contributed by atoms with Gasteiger partial charge >= 0.3 is 0 Å². The Balaban J connectivity index is 1.58. The number of unbranched alkanes of at least 4 members (excludes halogenated alkanes) is 1. The maximum absolute atomic E-state index is 5.48. The van der Waals surface area contributed by atoms with E-state index in [1.807, 2.05) is 7.05 Å². The predicted octanol–water partition coefficient (Wildman–Crippen LogP) is 2.13. The average molecular weight is 311 g/mol. The van der Waals surface area contributed by atoms with E-state index in [9.17, 15) is 0 Å². The number of aliphatic imine (C=N–C) groups is 1. The molecule has 2 aliphatic rings. The van der Waals surface area contributed by atoms with Crippen LogP contribution >= 0.6 is 0 Å². The van der Waals surface area contributed by atoms with Gasteiger partial charge in [0, 0.05) is 40.4 Å². The van der Waals surface area contributed by atoms with E-state index in [2.05, 4.69) is 15.2 Å². The Hall–Kier alpha value is -0.810. The summed E-state index contributed by atoms with van der Waals surface area (Å²) in [6, 6.07) is 0. The molecular weight excluding hydrogens is 278 g/mol. The largest absolute Gasteiger partial charge is 0.382 e. The summed E-state index contributed by atoms with van der Waals surface area (Å²) in [5, 5.41) is 3.52. The quantitative estimate of drug-likeness (QED) is 0.424. The highest BCUT2D eigenvalue weighted by Gasteiger charge is 2.35. The molecule has 1 saturated heterocycles. The van der Waals surface area contributed by atoms with Crippen molar-refractivity contribution in [1.82, 2.24) is 10.2 Å². The highest BCUT2D eigenvalue weighted by molar-refractivity contribution is 5.80. The molecule has 0 aromatic rings. The van der Waals surface area contributed by atoms with Gasteiger partial charge in [-0.25, -0.2) is 0 Å². The lowest BCUT2D eigenvalue weighted by molar-refractivity contribution is 0.0689. The molecule has 128 valence electrons. The molecule has 2 fully saturated rings. The summed E-state index contributed by atoms with van der Waals surface area (Å²) in [6.07, 6.45) is 7.87. The Morgan fingerprint density at radius 3 is 2.45 bits per heavy atom. The van der Waals surface area contributed by atoms with Crippen LogP contribution in [-0.4, -0.2) is 64.5 Å². The fourth-order valence-corrected chi connectivity index (χ4v) is 3.68. The van der Waals surface area contributed by atoms with Gasteiger partial charge in [0.25, 0.3) is 0 Å². The molecule has 1 N–H and O–H groups in total. The van der Waals surface area contributed by atoms with Gasteiger partial charge in [-0.3, -0.25) is 4.99 Å². The first-order valence-corrected chi connectivity index (χ1v) is 8.87. The number of nitrogens with one attached hydrogen (secondary N) is 1. The zero-order chi connectivity index (χ0) is 15.6. The van der Waals surface area contributed by atoms with E-state index < -0.39 is 0 Å². The molecule has 1 aliphatic heterocycles. The Labute approximate surface area is 135 Å². The first kappa shape index (κ1) is 17.5. The number of rotatable bonds is 8. The molecule has 1 heterocycles. The van der Waals surface area contributed by atoms with Crippen molar-refractivity contribution >= 4 is 5.96 Å². The van der Waals surface area contributed by atoms with Crippen LogP contribution in [0.15, 0.2) is 4.99 Å². The number of hydrogen-bond acceptors (Lipinski definition) is 3. The van der Waals surface area contributed by atoms with E-state index in [0.717, 1.165) is 43.8 Å². The van der Waals surface area contributed by atoms with Crippen LogP contribution in [0.5, 0.6) is 0 Å². The molecule has 0 spiro atoms. The molecule has 2 rings (SSSR count). The lowest BCUT2D eigenvalue weighted by atomic mass is 9.82. The molecule has 0 bridgehead atoms. The topological polar surface area (TPSA) is 46.1 Å². The molecule has 0 amide bonds. The monoisotopic (exact) mass is 311 g/mol. The van der Waals surface area contributed by atoms with E-state index in [1.165, 1.54) is 38.8 Å². The molecule has 1 saturated carbocycles. The van der Waals surface area contributed by atoms with Gasteiger partial charge in [-0.05, 0) is 37.5 Å². The van der Waals surface area contributed by atoms with Crippen LogP contribution in [0.3, 0.4) is 0 Å². The fourth-order valence-electron chi connectivity index (χ4n) is 3.68. The number of likely N-dealkylation sites (tertiary alicyclic amines) is 1. The number of ether oxygens (including phenoxy) is 2. The predicted molar refractivity (Wildman–Crippen MR) is 90.3 cm³/mol. The van der Waals surface area contributed by atoms with E-state index >= 15 is 0 Å². The maximum Gasteiger partial charge on any atom is 0.193 e. The van der Waals surface area contributed by atoms with Crippen molar-refractivity contribution in [2.45, 2.75) is 38.5 Å². The van der Waals surface area contributed by atoms with Gasteiger partial charge in [-0.1, -0.05) is 12.8 Å². The fraction of sp³-hybridized carbons (Fsp3) is 0.941. The van der Waals surface area contributed by atoms with Gasteiger partial charge in [0.2, 0.25) is 0 Å². The van der Waals surface area contributed by atoms with E-state index in [0.29, 0.717) is 13.2 Å². The van der Waals surface area contributed by atoms with Crippen molar-refractivity contribution in [2.24, 2.45) is 16.8 Å². The second kappa shape index (κ2) is 10.1. The SMILES string of the molecule is CN=C(NCCCCOCCOC)N1CC2CCCCC2C1. The van der Waals surface area contributed by atoms with Crippen molar-refractivity contribution in [2.75, 3.05) is 53.6 Å². The minimum absolute atomic E-state index is 0.683. The molecule has 2 atom stereocenters. The van der Waals surface area contributed by atoms with Crippen LogP contribution in [0.25, 0.3) is 0 Å². The van der Waals surface area contributed by atoms with Crippen LogP contribution in [0.4, 0.5) is 0 Å². The van der Waals surface area contributed by atoms with Gasteiger partial charge in [0.1, 0.15) is 0 Å². The van der Waals surface area contributed by atoms with Crippen LogP contribution in [-0.2, 0) is 9.47 Å². The highest BCUT2D eigenvalue weighted by atomic mass is 16.5. The van der Waals surface area contributed by atoms with Gasteiger partial charge in [0.15, 0.2) is 5.96 Å². The number of fused-ring (bicyclic) bond motifs is 1. The van der Waals surface area contributed by atoms with Crippen molar-refractivity contribution in [3.05, 3.63) is 0 Å². The Morgan fingerprint density at radius 2 is 1.82 bits per heavy atom. The molecule has 1 aliphatic carbocycles. The third kappa shape index (κ3) is 5.43. The lowest BCUT2D eigenvalue weighted by Crippen LogP contribution is -2.40. The summed E-state index contributed by atoms with van der Waals surface area (Å²) in [5.41, 5.74) is 0. The summed E-state index contributed by atoms with van der Waals surface area (Å²) >= 11 is 0. The summed E-state index contributed by atoms with van der Waals surface area (Å²) in [6.45, 7) is 5.57. The lowest BCUT2D eigenvalue weighted by Gasteiger charge is -2.22. The van der Waals surface area contributed by atoms with E-state index in [4.69, 9.17) is 9.47 Å². The van der Waals surface area contributed by atoms with Crippen LogP contribution in [0, 0.1) is 11.8 Å². The molecule has 0 aromatic heterocycles. The Bertz CT molecular complexity index is 322. The third-order valence-electron chi connectivity index (χ3n) is 4.92. The van der Waals surface area contributed by atoms with Crippen molar-refractivity contribution < 1.29 is 9.47 Å². The summed E-state index contributed by atoms with van der Waals surface area (Å²) in [7, 11) is 3.60. The molecule has 2 unspecified atom stereocenters. The van der Waals surface area contributed by atoms with Gasteiger partial charge in [-0.15, -0.1) is 0 Å². The van der Waals surface area contributed by atoms with Crippen molar-refractivity contribution in [3.8, 4) is 0 Å². The van der Waals surface area contributed by atoms with Crippen LogP contribution in [0.1, 0.15) is 38.5 Å². The van der Waals surface area contributed by atoms with Crippen molar-refractivity contribution in [3.63, 3.8) is 0 Å². The van der Waals surface area contributed by atoms with Crippen LogP contribution in [0.2, 0.25) is 0 Å². The van der Waals surface area contributed by atoms with Gasteiger partial charge in [-0.2, -0.15) is 0 Å². The molecule has 5 nitrogen and oxygen atoms in total. The average Bonchev–Trinajstić information content (AvgIpc) is 2.97. The maximum atomic E-state index is 5.48. The smallest absolute Gasteiger partial charge is 0.193 e.